The summed E-state index contributed by atoms with van der Waals surface area (Å²) in [4.78, 5) is 38.2. The molecule has 0 aromatic heterocycles. The SMILES string of the molecule is CCC(C)c1ccccc1NC(=O)C(C)OC(=O)C(CCSC)NC(=O)c1ccccc1Cl. The van der Waals surface area contributed by atoms with Gasteiger partial charge in [0.1, 0.15) is 6.04 Å². The molecule has 0 saturated carbocycles. The number of esters is 1. The molecule has 0 aliphatic rings. The lowest BCUT2D eigenvalue weighted by Crippen LogP contribution is -2.44. The van der Waals surface area contributed by atoms with Crippen molar-refractivity contribution in [2.75, 3.05) is 17.3 Å². The number of para-hydroxylation sites is 1. The van der Waals surface area contributed by atoms with Gasteiger partial charge in [-0.1, -0.05) is 55.8 Å². The Bertz CT molecular complexity index is 969. The zero-order chi connectivity index (χ0) is 24.4. The molecule has 0 saturated heterocycles. The highest BCUT2D eigenvalue weighted by molar-refractivity contribution is 7.98. The quantitative estimate of drug-likeness (QED) is 0.419. The van der Waals surface area contributed by atoms with Crippen molar-refractivity contribution in [3.63, 3.8) is 0 Å². The number of hydrogen-bond acceptors (Lipinski definition) is 5. The Balaban J connectivity index is 2.06. The van der Waals surface area contributed by atoms with E-state index in [1.807, 2.05) is 30.5 Å². The molecule has 2 amide bonds. The molecule has 0 aliphatic heterocycles. The molecule has 0 spiro atoms. The molecule has 6 nitrogen and oxygen atoms in total. The monoisotopic (exact) mass is 490 g/mol. The molecule has 178 valence electrons. The lowest BCUT2D eigenvalue weighted by Gasteiger charge is -2.21. The lowest BCUT2D eigenvalue weighted by molar-refractivity contribution is -0.155. The van der Waals surface area contributed by atoms with Crippen LogP contribution in [0, 0.1) is 0 Å². The van der Waals surface area contributed by atoms with Crippen molar-refractivity contribution in [1.82, 2.24) is 5.32 Å². The summed E-state index contributed by atoms with van der Waals surface area (Å²) in [6.07, 6.45) is 2.17. The van der Waals surface area contributed by atoms with Crippen LogP contribution >= 0.6 is 23.4 Å². The minimum absolute atomic E-state index is 0.272. The van der Waals surface area contributed by atoms with E-state index < -0.39 is 29.9 Å². The van der Waals surface area contributed by atoms with E-state index in [-0.39, 0.29) is 11.5 Å². The largest absolute Gasteiger partial charge is 0.451 e. The average Bonchev–Trinajstić information content (AvgIpc) is 2.81. The average molecular weight is 491 g/mol. The fourth-order valence-corrected chi connectivity index (χ4v) is 3.86. The third-order valence-electron chi connectivity index (χ3n) is 5.34. The van der Waals surface area contributed by atoms with Gasteiger partial charge in [-0.2, -0.15) is 11.8 Å². The number of hydrogen-bond donors (Lipinski definition) is 2. The molecule has 3 atom stereocenters. The molecular weight excluding hydrogens is 460 g/mol. The van der Waals surface area contributed by atoms with Gasteiger partial charge in [0.05, 0.1) is 10.6 Å². The predicted octanol–water partition coefficient (Wildman–Crippen LogP) is 5.28. The summed E-state index contributed by atoms with van der Waals surface area (Å²) in [5.74, 6) is -0.660. The van der Waals surface area contributed by atoms with E-state index in [4.69, 9.17) is 16.3 Å². The van der Waals surface area contributed by atoms with Crippen LogP contribution < -0.4 is 10.6 Å². The number of benzene rings is 2. The number of nitrogens with one attached hydrogen (secondary N) is 2. The second kappa shape index (κ2) is 13.3. The third kappa shape index (κ3) is 7.79. The van der Waals surface area contributed by atoms with E-state index in [2.05, 4.69) is 24.5 Å². The van der Waals surface area contributed by atoms with E-state index >= 15 is 0 Å². The number of amides is 2. The van der Waals surface area contributed by atoms with Crippen LogP contribution in [0.2, 0.25) is 5.02 Å². The number of rotatable bonds is 11. The van der Waals surface area contributed by atoms with Crippen LogP contribution in [0.25, 0.3) is 0 Å². The zero-order valence-corrected chi connectivity index (χ0v) is 21.0. The molecule has 3 unspecified atom stereocenters. The minimum Gasteiger partial charge on any atom is -0.451 e. The molecule has 0 aliphatic carbocycles. The number of carbonyl (C=O) groups is 3. The van der Waals surface area contributed by atoms with E-state index in [1.54, 1.807) is 36.0 Å². The standard InChI is InChI=1S/C25H31ClN2O4S/c1-5-16(2)18-10-7-9-13-21(18)27-23(29)17(3)32-25(31)22(14-15-33-4)28-24(30)19-11-6-8-12-20(19)26/h6-13,16-17,22H,5,14-15H2,1-4H3,(H,27,29)(H,28,30). The summed E-state index contributed by atoms with van der Waals surface area (Å²) in [6, 6.07) is 13.3. The smallest absolute Gasteiger partial charge is 0.329 e. The first kappa shape index (κ1) is 26.7. The summed E-state index contributed by atoms with van der Waals surface area (Å²) in [6.45, 7) is 5.69. The Kier molecular flexibility index (Phi) is 10.7. The van der Waals surface area contributed by atoms with Crippen molar-refractivity contribution >= 4 is 46.8 Å². The molecule has 8 heteroatoms. The maximum absolute atomic E-state index is 12.8. The van der Waals surface area contributed by atoms with Crippen LogP contribution in [0.15, 0.2) is 48.5 Å². The van der Waals surface area contributed by atoms with Gasteiger partial charge in [0.25, 0.3) is 11.8 Å². The van der Waals surface area contributed by atoms with Gasteiger partial charge in [-0.3, -0.25) is 9.59 Å². The first-order chi connectivity index (χ1) is 15.8. The number of ether oxygens (including phenoxy) is 1. The van der Waals surface area contributed by atoms with Crippen molar-refractivity contribution in [2.24, 2.45) is 0 Å². The Morgan fingerprint density at radius 3 is 2.39 bits per heavy atom. The number of halogens is 1. The maximum atomic E-state index is 12.8. The van der Waals surface area contributed by atoms with E-state index in [1.165, 1.54) is 6.92 Å². The predicted molar refractivity (Wildman–Crippen MR) is 135 cm³/mol. The first-order valence-corrected chi connectivity index (χ1v) is 12.7. The summed E-state index contributed by atoms with van der Waals surface area (Å²) in [5.41, 5.74) is 2.00. The van der Waals surface area contributed by atoms with Gasteiger partial charge in [-0.15, -0.1) is 0 Å². The molecule has 0 bridgehead atoms. The van der Waals surface area contributed by atoms with E-state index in [0.717, 1.165) is 12.0 Å². The Morgan fingerprint density at radius 1 is 1.06 bits per heavy atom. The Labute approximate surface area is 204 Å². The summed E-state index contributed by atoms with van der Waals surface area (Å²) in [5, 5.41) is 5.84. The maximum Gasteiger partial charge on any atom is 0.329 e. The number of anilines is 1. The van der Waals surface area contributed by atoms with Crippen LogP contribution in [0.3, 0.4) is 0 Å². The van der Waals surface area contributed by atoms with Crippen LogP contribution in [-0.2, 0) is 14.3 Å². The van der Waals surface area contributed by atoms with Gasteiger partial charge < -0.3 is 15.4 Å². The van der Waals surface area contributed by atoms with E-state index in [0.29, 0.717) is 22.9 Å². The van der Waals surface area contributed by atoms with Crippen molar-refractivity contribution in [3.8, 4) is 0 Å². The molecular formula is C25H31ClN2O4S. The second-order valence-electron chi connectivity index (χ2n) is 7.75. The fourth-order valence-electron chi connectivity index (χ4n) is 3.17. The van der Waals surface area contributed by atoms with Crippen LogP contribution in [0.4, 0.5) is 5.69 Å². The normalized spacial score (nSPS) is 13.5. The molecule has 2 N–H and O–H groups in total. The molecule has 0 radical (unpaired) electrons. The molecule has 0 fully saturated rings. The van der Waals surface area contributed by atoms with Crippen molar-refractivity contribution in [2.45, 2.75) is 51.7 Å². The topological polar surface area (TPSA) is 84.5 Å². The summed E-state index contributed by atoms with van der Waals surface area (Å²) in [7, 11) is 0. The van der Waals surface area contributed by atoms with Gasteiger partial charge in [-0.25, -0.2) is 4.79 Å². The van der Waals surface area contributed by atoms with E-state index in [9.17, 15) is 14.4 Å². The third-order valence-corrected chi connectivity index (χ3v) is 6.32. The summed E-state index contributed by atoms with van der Waals surface area (Å²) < 4.78 is 5.43. The van der Waals surface area contributed by atoms with Gasteiger partial charge in [0.2, 0.25) is 0 Å². The van der Waals surface area contributed by atoms with Gasteiger partial charge >= 0.3 is 5.97 Å². The molecule has 33 heavy (non-hydrogen) atoms. The van der Waals surface area contributed by atoms with Gasteiger partial charge in [0.15, 0.2) is 6.10 Å². The fraction of sp³-hybridized carbons (Fsp3) is 0.400. The molecule has 2 rings (SSSR count). The van der Waals surface area contributed by atoms with Crippen molar-refractivity contribution in [3.05, 3.63) is 64.7 Å². The second-order valence-corrected chi connectivity index (χ2v) is 9.15. The van der Waals surface area contributed by atoms with Crippen LogP contribution in [-0.4, -0.2) is 41.9 Å². The molecule has 2 aromatic rings. The number of carbonyl (C=O) groups excluding carboxylic acids is 3. The lowest BCUT2D eigenvalue weighted by atomic mass is 9.97. The highest BCUT2D eigenvalue weighted by Gasteiger charge is 2.27. The Morgan fingerprint density at radius 2 is 1.73 bits per heavy atom. The highest BCUT2D eigenvalue weighted by atomic mass is 35.5. The van der Waals surface area contributed by atoms with Gasteiger partial charge in [0, 0.05) is 5.69 Å². The van der Waals surface area contributed by atoms with Crippen LogP contribution in [0.1, 0.15) is 55.5 Å². The first-order valence-electron chi connectivity index (χ1n) is 10.9. The van der Waals surface area contributed by atoms with Gasteiger partial charge in [-0.05, 0) is 61.5 Å². The van der Waals surface area contributed by atoms with Crippen molar-refractivity contribution < 1.29 is 19.1 Å². The zero-order valence-electron chi connectivity index (χ0n) is 19.4. The molecule has 2 aromatic carbocycles. The van der Waals surface area contributed by atoms with Crippen LogP contribution in [0.5, 0.6) is 0 Å². The van der Waals surface area contributed by atoms with Crippen molar-refractivity contribution in [1.29, 1.82) is 0 Å². The number of thioether (sulfide) groups is 1. The minimum atomic E-state index is -1.03. The highest BCUT2D eigenvalue weighted by Crippen LogP contribution is 2.26. The summed E-state index contributed by atoms with van der Waals surface area (Å²) >= 11 is 7.64. The Hall–Kier alpha value is -2.51. The molecule has 0 heterocycles.